The highest BCUT2D eigenvalue weighted by Crippen LogP contribution is 2.31. The summed E-state index contributed by atoms with van der Waals surface area (Å²) >= 11 is 4.83. The van der Waals surface area contributed by atoms with Crippen molar-refractivity contribution in [1.82, 2.24) is 4.98 Å². The Morgan fingerprint density at radius 2 is 1.84 bits per heavy atom. The minimum atomic E-state index is -0.167. The van der Waals surface area contributed by atoms with Gasteiger partial charge in [0.25, 0.3) is 5.91 Å². The average Bonchev–Trinajstić information content (AvgIpc) is 2.96. The molecule has 0 fully saturated rings. The van der Waals surface area contributed by atoms with Crippen LogP contribution in [0.1, 0.15) is 22.2 Å². The van der Waals surface area contributed by atoms with Crippen LogP contribution in [0.5, 0.6) is 5.75 Å². The number of rotatable bonds is 5. The van der Waals surface area contributed by atoms with Gasteiger partial charge in [-0.05, 0) is 62.4 Å². The van der Waals surface area contributed by atoms with Crippen LogP contribution in [0.15, 0.2) is 53.0 Å². The maximum absolute atomic E-state index is 12.3. The summed E-state index contributed by atoms with van der Waals surface area (Å²) in [6, 6.07) is 15.0. The van der Waals surface area contributed by atoms with E-state index in [0.29, 0.717) is 17.3 Å². The normalized spacial score (nSPS) is 10.5. The molecule has 25 heavy (non-hydrogen) atoms. The number of benzene rings is 2. The van der Waals surface area contributed by atoms with Crippen molar-refractivity contribution in [3.05, 3.63) is 63.4 Å². The highest BCUT2D eigenvalue weighted by atomic mass is 79.9. The number of amides is 1. The zero-order valence-electron chi connectivity index (χ0n) is 13.9. The lowest BCUT2D eigenvalue weighted by atomic mass is 10.1. The standard InChI is InChI=1S/C19H17BrN2O2S/c1-3-24-16-10-6-13(7-11-16)17-12(2)25-19(21-17)22-18(23)14-4-8-15(20)9-5-14/h4-11H,3H2,1-2H3,(H,21,22,23). The van der Waals surface area contributed by atoms with Crippen LogP contribution in [0.3, 0.4) is 0 Å². The maximum Gasteiger partial charge on any atom is 0.257 e. The summed E-state index contributed by atoms with van der Waals surface area (Å²) in [5.74, 6) is 0.669. The molecular formula is C19H17BrN2O2S. The molecule has 0 spiro atoms. The van der Waals surface area contributed by atoms with E-state index in [1.165, 1.54) is 11.3 Å². The molecule has 128 valence electrons. The molecule has 2 aromatic carbocycles. The van der Waals surface area contributed by atoms with Gasteiger partial charge in [-0.25, -0.2) is 4.98 Å². The van der Waals surface area contributed by atoms with E-state index in [4.69, 9.17) is 4.74 Å². The molecule has 0 aliphatic rings. The van der Waals surface area contributed by atoms with Gasteiger partial charge >= 0.3 is 0 Å². The minimum Gasteiger partial charge on any atom is -0.494 e. The predicted octanol–water partition coefficient (Wildman–Crippen LogP) is 5.53. The van der Waals surface area contributed by atoms with Crippen molar-refractivity contribution in [1.29, 1.82) is 0 Å². The molecule has 0 aliphatic carbocycles. The lowest BCUT2D eigenvalue weighted by Crippen LogP contribution is -2.11. The van der Waals surface area contributed by atoms with E-state index in [9.17, 15) is 4.79 Å². The number of aromatic nitrogens is 1. The van der Waals surface area contributed by atoms with E-state index in [1.807, 2.05) is 50.2 Å². The van der Waals surface area contributed by atoms with Gasteiger partial charge in [0.05, 0.1) is 12.3 Å². The van der Waals surface area contributed by atoms with E-state index in [1.54, 1.807) is 12.1 Å². The molecular weight excluding hydrogens is 400 g/mol. The third kappa shape index (κ3) is 4.27. The van der Waals surface area contributed by atoms with E-state index in [-0.39, 0.29) is 5.91 Å². The quantitative estimate of drug-likeness (QED) is 0.594. The molecule has 3 rings (SSSR count). The molecule has 4 nitrogen and oxygen atoms in total. The van der Waals surface area contributed by atoms with Crippen molar-refractivity contribution < 1.29 is 9.53 Å². The summed E-state index contributed by atoms with van der Waals surface area (Å²) in [6.45, 7) is 4.60. The van der Waals surface area contributed by atoms with Gasteiger partial charge in [-0.15, -0.1) is 11.3 Å². The summed E-state index contributed by atoms with van der Waals surface area (Å²) in [5.41, 5.74) is 2.47. The molecule has 0 bridgehead atoms. The highest BCUT2D eigenvalue weighted by molar-refractivity contribution is 9.10. The maximum atomic E-state index is 12.3. The molecule has 0 atom stereocenters. The number of carbonyl (C=O) groups excluding carboxylic acids is 1. The molecule has 1 amide bonds. The van der Waals surface area contributed by atoms with E-state index >= 15 is 0 Å². The van der Waals surface area contributed by atoms with Crippen molar-refractivity contribution in [3.8, 4) is 17.0 Å². The Balaban J connectivity index is 1.77. The van der Waals surface area contributed by atoms with Crippen molar-refractivity contribution in [2.24, 2.45) is 0 Å². The SMILES string of the molecule is CCOc1ccc(-c2nc(NC(=O)c3ccc(Br)cc3)sc2C)cc1. The molecule has 0 saturated heterocycles. The van der Waals surface area contributed by atoms with Crippen LogP contribution in [0.25, 0.3) is 11.3 Å². The van der Waals surface area contributed by atoms with Gasteiger partial charge in [-0.2, -0.15) is 0 Å². The molecule has 6 heteroatoms. The third-order valence-electron chi connectivity index (χ3n) is 3.56. The van der Waals surface area contributed by atoms with Crippen molar-refractivity contribution in [3.63, 3.8) is 0 Å². The molecule has 1 N–H and O–H groups in total. The van der Waals surface area contributed by atoms with Crippen LogP contribution in [0, 0.1) is 6.92 Å². The predicted molar refractivity (Wildman–Crippen MR) is 106 cm³/mol. The molecule has 0 radical (unpaired) electrons. The Hall–Kier alpha value is -2.18. The number of anilines is 1. The number of hydrogen-bond acceptors (Lipinski definition) is 4. The number of nitrogens with one attached hydrogen (secondary N) is 1. The van der Waals surface area contributed by atoms with Crippen molar-refractivity contribution in [2.45, 2.75) is 13.8 Å². The number of carbonyl (C=O) groups is 1. The first-order valence-electron chi connectivity index (χ1n) is 7.84. The Morgan fingerprint density at radius 1 is 1.16 bits per heavy atom. The number of ether oxygens (including phenoxy) is 1. The summed E-state index contributed by atoms with van der Waals surface area (Å²) in [4.78, 5) is 17.9. The largest absolute Gasteiger partial charge is 0.494 e. The average molecular weight is 417 g/mol. The van der Waals surface area contributed by atoms with Gasteiger partial charge in [0, 0.05) is 20.5 Å². The lowest BCUT2D eigenvalue weighted by Gasteiger charge is -2.04. The van der Waals surface area contributed by atoms with Crippen LogP contribution in [-0.4, -0.2) is 17.5 Å². The van der Waals surface area contributed by atoms with Crippen LogP contribution in [0.2, 0.25) is 0 Å². The first-order valence-corrected chi connectivity index (χ1v) is 9.45. The van der Waals surface area contributed by atoms with Crippen molar-refractivity contribution >= 4 is 38.3 Å². The molecule has 1 aromatic heterocycles. The first-order chi connectivity index (χ1) is 12.1. The Labute approximate surface area is 159 Å². The molecule has 0 aliphatic heterocycles. The molecule has 3 aromatic rings. The summed E-state index contributed by atoms with van der Waals surface area (Å²) in [7, 11) is 0. The second kappa shape index (κ2) is 7.80. The first kappa shape index (κ1) is 17.6. The molecule has 0 saturated carbocycles. The topological polar surface area (TPSA) is 51.2 Å². The van der Waals surface area contributed by atoms with Crippen LogP contribution < -0.4 is 10.1 Å². The van der Waals surface area contributed by atoms with Crippen LogP contribution >= 0.6 is 27.3 Å². The van der Waals surface area contributed by atoms with Crippen molar-refractivity contribution in [2.75, 3.05) is 11.9 Å². The monoisotopic (exact) mass is 416 g/mol. The number of thiazole rings is 1. The van der Waals surface area contributed by atoms with Gasteiger partial charge in [0.2, 0.25) is 0 Å². The molecule has 0 unspecified atom stereocenters. The van der Waals surface area contributed by atoms with Gasteiger partial charge in [-0.1, -0.05) is 15.9 Å². The fourth-order valence-corrected chi connectivity index (χ4v) is 3.46. The van der Waals surface area contributed by atoms with Gasteiger partial charge in [0.1, 0.15) is 5.75 Å². The number of nitrogens with zero attached hydrogens (tertiary/aromatic N) is 1. The lowest BCUT2D eigenvalue weighted by molar-refractivity contribution is 0.102. The summed E-state index contributed by atoms with van der Waals surface area (Å²) in [5, 5.41) is 3.46. The molecule has 1 heterocycles. The number of aryl methyl sites for hydroxylation is 1. The van der Waals surface area contributed by atoms with E-state index in [0.717, 1.165) is 26.4 Å². The van der Waals surface area contributed by atoms with Gasteiger partial charge in [-0.3, -0.25) is 10.1 Å². The smallest absolute Gasteiger partial charge is 0.257 e. The summed E-state index contributed by atoms with van der Waals surface area (Å²) in [6.07, 6.45) is 0. The fourth-order valence-electron chi connectivity index (χ4n) is 2.36. The summed E-state index contributed by atoms with van der Waals surface area (Å²) < 4.78 is 6.40. The van der Waals surface area contributed by atoms with Gasteiger partial charge in [0.15, 0.2) is 5.13 Å². The third-order valence-corrected chi connectivity index (χ3v) is 4.98. The fraction of sp³-hybridized carbons (Fsp3) is 0.158. The Morgan fingerprint density at radius 3 is 2.48 bits per heavy atom. The second-order valence-corrected chi connectivity index (χ2v) is 7.46. The number of halogens is 1. The Kier molecular flexibility index (Phi) is 5.50. The second-order valence-electron chi connectivity index (χ2n) is 5.34. The highest BCUT2D eigenvalue weighted by Gasteiger charge is 2.13. The minimum absolute atomic E-state index is 0.167. The zero-order chi connectivity index (χ0) is 17.8. The zero-order valence-corrected chi connectivity index (χ0v) is 16.3. The Bertz CT molecular complexity index is 873. The van der Waals surface area contributed by atoms with Gasteiger partial charge < -0.3 is 4.74 Å². The van der Waals surface area contributed by atoms with Crippen LogP contribution in [-0.2, 0) is 0 Å². The number of hydrogen-bond donors (Lipinski definition) is 1. The van der Waals surface area contributed by atoms with E-state index in [2.05, 4.69) is 26.2 Å². The van der Waals surface area contributed by atoms with E-state index < -0.39 is 0 Å². The van der Waals surface area contributed by atoms with Crippen LogP contribution in [0.4, 0.5) is 5.13 Å².